The van der Waals surface area contributed by atoms with Crippen molar-refractivity contribution in [2.24, 2.45) is 7.05 Å². The van der Waals surface area contributed by atoms with E-state index in [0.717, 1.165) is 5.56 Å². The molecule has 1 aromatic heterocycles. The first kappa shape index (κ1) is 22.8. The Bertz CT molecular complexity index is 1060. The van der Waals surface area contributed by atoms with Crippen molar-refractivity contribution in [3.63, 3.8) is 0 Å². The smallest absolute Gasteiger partial charge is 0.244 e. The number of thioether (sulfide) groups is 1. The molecular weight excluding hydrogens is 439 g/mol. The summed E-state index contributed by atoms with van der Waals surface area (Å²) < 4.78 is 20.3. The second-order valence-electron chi connectivity index (χ2n) is 6.64. The predicted molar refractivity (Wildman–Crippen MR) is 121 cm³/mol. The highest BCUT2D eigenvalue weighted by Crippen LogP contribution is 2.20. The zero-order valence-electron chi connectivity index (χ0n) is 17.1. The molecule has 3 aromatic rings. The standard InChI is InChI=1S/C22H22ClFN4O2S/c1-15(25-20(29)12-7-16-5-3-4-6-19(16)23)21-26-27-22(28(21)2)31-14-13-30-18-10-8-17(24)9-11-18/h3-12,15H,13-14H2,1-2H3,(H,25,29)/b12-7+. The number of nitrogens with zero attached hydrogens (tertiary/aromatic N) is 3. The third kappa shape index (κ3) is 6.57. The predicted octanol–water partition coefficient (Wildman–Crippen LogP) is 4.67. The van der Waals surface area contributed by atoms with E-state index in [1.165, 1.54) is 30.0 Å². The Kier molecular flexibility index (Phi) is 8.08. The molecule has 9 heteroatoms. The first-order valence-corrected chi connectivity index (χ1v) is 10.9. The molecule has 162 valence electrons. The molecule has 0 saturated carbocycles. The van der Waals surface area contributed by atoms with Crippen LogP contribution in [-0.4, -0.2) is 33.0 Å². The van der Waals surface area contributed by atoms with Gasteiger partial charge >= 0.3 is 0 Å². The first-order valence-electron chi connectivity index (χ1n) is 9.57. The van der Waals surface area contributed by atoms with Crippen LogP contribution in [0.5, 0.6) is 5.75 Å². The molecule has 1 amide bonds. The number of hydrogen-bond acceptors (Lipinski definition) is 5. The molecule has 31 heavy (non-hydrogen) atoms. The van der Waals surface area contributed by atoms with Crippen LogP contribution in [0.3, 0.4) is 0 Å². The molecule has 1 unspecified atom stereocenters. The van der Waals surface area contributed by atoms with Gasteiger partial charge in [-0.2, -0.15) is 0 Å². The fourth-order valence-electron chi connectivity index (χ4n) is 2.75. The average Bonchev–Trinajstić information content (AvgIpc) is 3.12. The molecule has 3 rings (SSSR count). The summed E-state index contributed by atoms with van der Waals surface area (Å²) in [6.45, 7) is 2.29. The van der Waals surface area contributed by atoms with E-state index in [-0.39, 0.29) is 17.8 Å². The fourth-order valence-corrected chi connectivity index (χ4v) is 3.69. The maximum atomic E-state index is 12.9. The number of hydrogen-bond donors (Lipinski definition) is 1. The molecule has 0 aliphatic heterocycles. The number of halogens is 2. The highest BCUT2D eigenvalue weighted by atomic mass is 35.5. The summed E-state index contributed by atoms with van der Waals surface area (Å²) in [7, 11) is 1.85. The van der Waals surface area contributed by atoms with E-state index >= 15 is 0 Å². The minimum Gasteiger partial charge on any atom is -0.493 e. The molecule has 0 aliphatic carbocycles. The Morgan fingerprint density at radius 2 is 2.00 bits per heavy atom. The van der Waals surface area contributed by atoms with Crippen LogP contribution in [0.4, 0.5) is 4.39 Å². The number of amides is 1. The second-order valence-corrected chi connectivity index (χ2v) is 8.11. The highest BCUT2D eigenvalue weighted by molar-refractivity contribution is 7.99. The van der Waals surface area contributed by atoms with Crippen LogP contribution in [0.2, 0.25) is 5.02 Å². The molecule has 1 atom stereocenters. The summed E-state index contributed by atoms with van der Waals surface area (Å²) in [5.41, 5.74) is 0.771. The van der Waals surface area contributed by atoms with Gasteiger partial charge < -0.3 is 14.6 Å². The normalized spacial score (nSPS) is 12.1. The van der Waals surface area contributed by atoms with E-state index in [4.69, 9.17) is 16.3 Å². The van der Waals surface area contributed by atoms with Gasteiger partial charge in [0.1, 0.15) is 11.6 Å². The monoisotopic (exact) mass is 460 g/mol. The van der Waals surface area contributed by atoms with Crippen molar-refractivity contribution in [2.45, 2.75) is 18.1 Å². The van der Waals surface area contributed by atoms with Gasteiger partial charge in [-0.05, 0) is 48.9 Å². The number of ether oxygens (including phenoxy) is 1. The van der Waals surface area contributed by atoms with Gasteiger partial charge in [0.2, 0.25) is 5.91 Å². The maximum absolute atomic E-state index is 12.9. The number of aromatic nitrogens is 3. The molecule has 0 bridgehead atoms. The maximum Gasteiger partial charge on any atom is 0.244 e. The number of rotatable bonds is 9. The van der Waals surface area contributed by atoms with Crippen LogP contribution in [-0.2, 0) is 11.8 Å². The molecule has 0 radical (unpaired) electrons. The van der Waals surface area contributed by atoms with Gasteiger partial charge in [-0.15, -0.1) is 10.2 Å². The van der Waals surface area contributed by atoms with E-state index in [2.05, 4.69) is 15.5 Å². The minimum atomic E-state index is -0.328. The first-order chi connectivity index (χ1) is 14.9. The summed E-state index contributed by atoms with van der Waals surface area (Å²) >= 11 is 7.58. The van der Waals surface area contributed by atoms with Crippen molar-refractivity contribution in [3.05, 3.63) is 76.8 Å². The molecule has 1 heterocycles. The lowest BCUT2D eigenvalue weighted by atomic mass is 10.2. The molecule has 0 aliphatic rings. The molecule has 2 aromatic carbocycles. The van der Waals surface area contributed by atoms with Crippen LogP contribution in [0.25, 0.3) is 6.08 Å². The van der Waals surface area contributed by atoms with Crippen LogP contribution in [0.1, 0.15) is 24.4 Å². The Morgan fingerprint density at radius 1 is 1.26 bits per heavy atom. The van der Waals surface area contributed by atoms with Crippen LogP contribution >= 0.6 is 23.4 Å². The number of nitrogens with one attached hydrogen (secondary N) is 1. The lowest BCUT2D eigenvalue weighted by Crippen LogP contribution is -2.26. The molecule has 0 fully saturated rings. The summed E-state index contributed by atoms with van der Waals surface area (Å²) in [6.07, 6.45) is 3.11. The van der Waals surface area contributed by atoms with E-state index in [1.54, 1.807) is 24.3 Å². The van der Waals surface area contributed by atoms with Crippen molar-refractivity contribution < 1.29 is 13.9 Å². The average molecular weight is 461 g/mol. The number of benzene rings is 2. The summed E-state index contributed by atoms with van der Waals surface area (Å²) in [4.78, 5) is 12.3. The van der Waals surface area contributed by atoms with Crippen molar-refractivity contribution in [3.8, 4) is 5.75 Å². The molecule has 0 spiro atoms. The number of carbonyl (C=O) groups is 1. The summed E-state index contributed by atoms with van der Waals surface area (Å²) in [5, 5.41) is 12.6. The summed E-state index contributed by atoms with van der Waals surface area (Å²) in [5.74, 6) is 1.35. The lowest BCUT2D eigenvalue weighted by molar-refractivity contribution is -0.117. The van der Waals surface area contributed by atoms with E-state index in [0.29, 0.717) is 34.1 Å². The molecule has 6 nitrogen and oxygen atoms in total. The van der Waals surface area contributed by atoms with Gasteiger partial charge in [0.25, 0.3) is 0 Å². The Balaban J connectivity index is 1.49. The molecule has 1 N–H and O–H groups in total. The topological polar surface area (TPSA) is 69.0 Å². The van der Waals surface area contributed by atoms with Gasteiger partial charge in [0.15, 0.2) is 11.0 Å². The minimum absolute atomic E-state index is 0.252. The Morgan fingerprint density at radius 3 is 2.74 bits per heavy atom. The van der Waals surface area contributed by atoms with Gasteiger partial charge in [-0.25, -0.2) is 4.39 Å². The second kappa shape index (κ2) is 11.0. The van der Waals surface area contributed by atoms with Gasteiger partial charge in [0.05, 0.1) is 12.6 Å². The van der Waals surface area contributed by atoms with Crippen molar-refractivity contribution in [1.29, 1.82) is 0 Å². The van der Waals surface area contributed by atoms with Gasteiger partial charge in [0, 0.05) is 23.9 Å². The van der Waals surface area contributed by atoms with E-state index < -0.39 is 0 Å². The fraction of sp³-hybridized carbons (Fsp3) is 0.227. The quantitative estimate of drug-likeness (QED) is 0.285. The third-order valence-corrected chi connectivity index (χ3v) is 5.66. The largest absolute Gasteiger partial charge is 0.493 e. The van der Waals surface area contributed by atoms with Crippen molar-refractivity contribution >= 4 is 35.3 Å². The Hall–Kier alpha value is -2.84. The van der Waals surface area contributed by atoms with Crippen molar-refractivity contribution in [2.75, 3.05) is 12.4 Å². The molecular formula is C22H22ClFN4O2S. The van der Waals surface area contributed by atoms with Crippen LogP contribution < -0.4 is 10.1 Å². The zero-order chi connectivity index (χ0) is 22.2. The van der Waals surface area contributed by atoms with E-state index in [9.17, 15) is 9.18 Å². The van der Waals surface area contributed by atoms with Crippen LogP contribution in [0.15, 0.2) is 59.8 Å². The highest BCUT2D eigenvalue weighted by Gasteiger charge is 2.17. The lowest BCUT2D eigenvalue weighted by Gasteiger charge is -2.12. The van der Waals surface area contributed by atoms with Crippen LogP contribution in [0, 0.1) is 5.82 Å². The SMILES string of the molecule is CC(NC(=O)/C=C/c1ccccc1Cl)c1nnc(SCCOc2ccc(F)cc2)n1C. The van der Waals surface area contributed by atoms with E-state index in [1.807, 2.05) is 36.7 Å². The Labute approximate surface area is 189 Å². The van der Waals surface area contributed by atoms with Gasteiger partial charge in [-0.1, -0.05) is 41.6 Å². The molecule has 0 saturated heterocycles. The number of carbonyl (C=O) groups excluding carboxylic acids is 1. The third-order valence-electron chi connectivity index (χ3n) is 4.33. The zero-order valence-corrected chi connectivity index (χ0v) is 18.7. The van der Waals surface area contributed by atoms with Gasteiger partial charge in [-0.3, -0.25) is 4.79 Å². The summed E-state index contributed by atoms with van der Waals surface area (Å²) in [6, 6.07) is 12.9. The van der Waals surface area contributed by atoms with Crippen molar-refractivity contribution in [1.82, 2.24) is 20.1 Å².